The van der Waals surface area contributed by atoms with E-state index in [2.05, 4.69) is 6.07 Å². The molecule has 2 aliphatic rings. The van der Waals surface area contributed by atoms with E-state index in [1.54, 1.807) is 21.9 Å². The fourth-order valence-corrected chi connectivity index (χ4v) is 5.96. The first-order valence-electron chi connectivity index (χ1n) is 10.5. The minimum absolute atomic E-state index is 0.107. The number of anilines is 1. The van der Waals surface area contributed by atoms with E-state index in [0.29, 0.717) is 30.0 Å². The van der Waals surface area contributed by atoms with Crippen LogP contribution >= 0.6 is 11.8 Å². The van der Waals surface area contributed by atoms with Gasteiger partial charge in [0.05, 0.1) is 23.9 Å². The fraction of sp³-hybridized carbons (Fsp3) is 0.192. The van der Waals surface area contributed by atoms with Gasteiger partial charge < -0.3 is 9.80 Å². The quantitative estimate of drug-likeness (QED) is 0.605. The van der Waals surface area contributed by atoms with Crippen LogP contribution < -0.4 is 4.90 Å². The van der Waals surface area contributed by atoms with Crippen molar-refractivity contribution in [3.05, 3.63) is 101 Å². The molecule has 3 aromatic carbocycles. The molecule has 1 spiro atoms. The number of benzene rings is 3. The molecule has 2 amide bonds. The molecule has 0 aliphatic carbocycles. The molecular weight excluding hydrogens is 418 g/mol. The van der Waals surface area contributed by atoms with E-state index in [4.69, 9.17) is 0 Å². The number of nitrogens with zero attached hydrogens (tertiary/aromatic N) is 3. The zero-order chi connectivity index (χ0) is 22.3. The summed E-state index contributed by atoms with van der Waals surface area (Å²) >= 11 is 1.52. The molecule has 0 bridgehead atoms. The van der Waals surface area contributed by atoms with Crippen molar-refractivity contribution in [2.24, 2.45) is 0 Å². The maximum atomic E-state index is 14.0. The number of hydrogen-bond acceptors (Lipinski definition) is 4. The van der Waals surface area contributed by atoms with Gasteiger partial charge in [0.25, 0.3) is 11.8 Å². The highest BCUT2D eigenvalue weighted by atomic mass is 32.2. The Bertz CT molecular complexity index is 1260. The van der Waals surface area contributed by atoms with Crippen molar-refractivity contribution in [3.8, 4) is 6.07 Å². The highest BCUT2D eigenvalue weighted by Crippen LogP contribution is 2.54. The Morgan fingerprint density at radius 3 is 2.66 bits per heavy atom. The molecule has 32 heavy (non-hydrogen) atoms. The molecule has 158 valence electrons. The lowest BCUT2D eigenvalue weighted by molar-refractivity contribution is -0.123. The summed E-state index contributed by atoms with van der Waals surface area (Å²) in [4.78, 5) is 29.9. The van der Waals surface area contributed by atoms with Crippen LogP contribution in [-0.4, -0.2) is 29.0 Å². The van der Waals surface area contributed by atoms with Crippen LogP contribution in [0, 0.1) is 18.3 Å². The van der Waals surface area contributed by atoms with Crippen molar-refractivity contribution < 1.29 is 9.59 Å². The molecule has 5 rings (SSSR count). The van der Waals surface area contributed by atoms with Gasteiger partial charge in [0.2, 0.25) is 0 Å². The number of nitriles is 1. The van der Waals surface area contributed by atoms with E-state index in [-0.39, 0.29) is 11.8 Å². The smallest absolute Gasteiger partial charge is 0.268 e. The van der Waals surface area contributed by atoms with Crippen LogP contribution in [0.3, 0.4) is 0 Å². The molecule has 2 heterocycles. The Morgan fingerprint density at radius 2 is 1.88 bits per heavy atom. The largest absolute Gasteiger partial charge is 0.311 e. The third-order valence-corrected chi connectivity index (χ3v) is 7.46. The summed E-state index contributed by atoms with van der Waals surface area (Å²) in [5.74, 6) is 0.450. The first-order chi connectivity index (χ1) is 15.5. The van der Waals surface area contributed by atoms with Gasteiger partial charge in [-0.2, -0.15) is 5.26 Å². The molecule has 1 fully saturated rings. The van der Waals surface area contributed by atoms with E-state index in [1.165, 1.54) is 11.8 Å². The number of amides is 2. The molecule has 1 saturated heterocycles. The summed E-state index contributed by atoms with van der Waals surface area (Å²) in [5, 5.41) is 9.24. The molecule has 0 N–H and O–H groups in total. The normalized spacial score (nSPS) is 19.3. The summed E-state index contributed by atoms with van der Waals surface area (Å²) in [7, 11) is 0. The Kier molecular flexibility index (Phi) is 4.99. The second kappa shape index (κ2) is 7.85. The molecule has 5 nitrogen and oxygen atoms in total. The van der Waals surface area contributed by atoms with E-state index < -0.39 is 4.87 Å². The van der Waals surface area contributed by atoms with Crippen molar-refractivity contribution >= 4 is 29.3 Å². The predicted molar refractivity (Wildman–Crippen MR) is 125 cm³/mol. The molecule has 0 unspecified atom stereocenters. The van der Waals surface area contributed by atoms with Gasteiger partial charge in [0, 0.05) is 23.4 Å². The van der Waals surface area contributed by atoms with Crippen molar-refractivity contribution in [2.45, 2.75) is 18.3 Å². The molecule has 0 aromatic heterocycles. The number of para-hydroxylation sites is 1. The minimum atomic E-state index is -1.06. The number of aryl methyl sites for hydroxylation is 1. The zero-order valence-electron chi connectivity index (χ0n) is 17.6. The zero-order valence-corrected chi connectivity index (χ0v) is 18.4. The lowest BCUT2D eigenvalue weighted by atomic mass is 10.0. The van der Waals surface area contributed by atoms with Crippen molar-refractivity contribution in [3.63, 3.8) is 0 Å². The Hall–Kier alpha value is -3.56. The van der Waals surface area contributed by atoms with E-state index >= 15 is 0 Å². The summed E-state index contributed by atoms with van der Waals surface area (Å²) in [6.45, 7) is 2.84. The van der Waals surface area contributed by atoms with E-state index in [1.807, 2.05) is 67.6 Å². The van der Waals surface area contributed by atoms with Gasteiger partial charge in [-0.25, -0.2) is 0 Å². The SMILES string of the molecule is Cc1ccc(C(=O)N2CCS[C@@]23C(=O)N(Cc2cccc(C#N)c2)c2ccccc23)cc1. The number of fused-ring (bicyclic) bond motifs is 2. The summed E-state index contributed by atoms with van der Waals surface area (Å²) in [6.07, 6.45) is 0. The number of carbonyl (C=O) groups excluding carboxylic acids is 2. The summed E-state index contributed by atoms with van der Waals surface area (Å²) in [6, 6.07) is 24.7. The summed E-state index contributed by atoms with van der Waals surface area (Å²) in [5.41, 5.74) is 4.77. The Labute approximate surface area is 191 Å². The van der Waals surface area contributed by atoms with Crippen molar-refractivity contribution in [1.29, 1.82) is 5.26 Å². The molecular formula is C26H21N3O2S. The van der Waals surface area contributed by atoms with Gasteiger partial charge >= 0.3 is 0 Å². The van der Waals surface area contributed by atoms with Crippen molar-refractivity contribution in [2.75, 3.05) is 17.2 Å². The van der Waals surface area contributed by atoms with E-state index in [9.17, 15) is 14.9 Å². The standard InChI is InChI=1S/C26H21N3O2S/c1-18-9-11-21(12-10-18)24(30)29-13-14-32-26(29)22-7-2-3-8-23(22)28(25(26)31)17-20-6-4-5-19(15-20)16-27/h2-12,15H,13-14,17H2,1H3/t26-/m0/s1. The van der Waals surface area contributed by atoms with Crippen LogP contribution in [0.2, 0.25) is 0 Å². The van der Waals surface area contributed by atoms with Gasteiger partial charge in [-0.05, 0) is 42.8 Å². The van der Waals surface area contributed by atoms with Crippen LogP contribution in [0.5, 0.6) is 0 Å². The lowest BCUT2D eigenvalue weighted by Gasteiger charge is -2.33. The molecule has 1 atom stereocenters. The predicted octanol–water partition coefficient (Wildman–Crippen LogP) is 4.46. The Morgan fingerprint density at radius 1 is 1.09 bits per heavy atom. The highest BCUT2D eigenvalue weighted by Gasteiger charge is 2.59. The fourth-order valence-electron chi connectivity index (χ4n) is 4.50. The van der Waals surface area contributed by atoms with Crippen LogP contribution in [0.25, 0.3) is 0 Å². The second-order valence-corrected chi connectivity index (χ2v) is 9.32. The van der Waals surface area contributed by atoms with Gasteiger partial charge in [0.15, 0.2) is 4.87 Å². The van der Waals surface area contributed by atoms with Gasteiger partial charge in [-0.1, -0.05) is 48.0 Å². The van der Waals surface area contributed by atoms with Gasteiger partial charge in [-0.15, -0.1) is 11.8 Å². The van der Waals surface area contributed by atoms with Crippen LogP contribution in [-0.2, 0) is 16.2 Å². The highest BCUT2D eigenvalue weighted by molar-refractivity contribution is 8.01. The molecule has 6 heteroatoms. The number of thioether (sulfide) groups is 1. The second-order valence-electron chi connectivity index (χ2n) is 8.04. The average molecular weight is 440 g/mol. The van der Waals surface area contributed by atoms with Gasteiger partial charge in [0.1, 0.15) is 0 Å². The number of carbonyl (C=O) groups is 2. The van der Waals surface area contributed by atoms with Crippen LogP contribution in [0.4, 0.5) is 5.69 Å². The van der Waals surface area contributed by atoms with Gasteiger partial charge in [-0.3, -0.25) is 9.59 Å². The maximum absolute atomic E-state index is 14.0. The van der Waals surface area contributed by atoms with Crippen LogP contribution in [0.1, 0.15) is 32.6 Å². The minimum Gasteiger partial charge on any atom is -0.311 e. The average Bonchev–Trinajstić information content (AvgIpc) is 3.36. The summed E-state index contributed by atoms with van der Waals surface area (Å²) < 4.78 is 0. The third-order valence-electron chi connectivity index (χ3n) is 6.04. The monoisotopic (exact) mass is 439 g/mol. The first-order valence-corrected chi connectivity index (χ1v) is 11.5. The van der Waals surface area contributed by atoms with E-state index in [0.717, 1.165) is 22.4 Å². The Balaban J connectivity index is 1.56. The molecule has 0 saturated carbocycles. The van der Waals surface area contributed by atoms with Crippen molar-refractivity contribution in [1.82, 2.24) is 4.90 Å². The maximum Gasteiger partial charge on any atom is 0.268 e. The third kappa shape index (κ3) is 3.09. The molecule has 0 radical (unpaired) electrons. The molecule has 3 aromatic rings. The number of rotatable bonds is 3. The first kappa shape index (κ1) is 20.3. The number of hydrogen-bond donors (Lipinski definition) is 0. The lowest BCUT2D eigenvalue weighted by Crippen LogP contribution is -2.50. The van der Waals surface area contributed by atoms with Crippen LogP contribution in [0.15, 0.2) is 72.8 Å². The molecule has 2 aliphatic heterocycles. The topological polar surface area (TPSA) is 64.4 Å².